The smallest absolute Gasteiger partial charge is 0.293 e. The molecule has 0 fully saturated rings. The van der Waals surface area contributed by atoms with E-state index in [-0.39, 0.29) is 31.5 Å². The molecule has 0 aliphatic rings. The van der Waals surface area contributed by atoms with Gasteiger partial charge in [-0.2, -0.15) is 0 Å². The summed E-state index contributed by atoms with van der Waals surface area (Å²) in [6.07, 6.45) is 16.3. The van der Waals surface area contributed by atoms with Crippen LogP contribution in [-0.4, -0.2) is 108 Å². The molecule has 12 nitrogen and oxygen atoms in total. The summed E-state index contributed by atoms with van der Waals surface area (Å²) in [4.78, 5) is 43.9. The van der Waals surface area contributed by atoms with Crippen molar-refractivity contribution in [1.29, 1.82) is 0 Å². The quantitative estimate of drug-likeness (QED) is 0.0538. The molecule has 1 unspecified atom stereocenters. The largest absolute Gasteiger partial charge is 0.468 e. The number of Topliss-reactive ketones (excluding diaryl/α,β-unsaturated/α-hetero) is 1. The molecule has 3 N–H and O–H groups in total. The molecule has 0 radical (unpaired) electrons. The summed E-state index contributed by atoms with van der Waals surface area (Å²) >= 11 is 0. The minimum atomic E-state index is -1.17. The number of hydrogen-bond acceptors (Lipinski definition) is 11. The molecule has 0 aliphatic carbocycles. The van der Waals surface area contributed by atoms with E-state index in [2.05, 4.69) is 15.4 Å². The number of ether oxygens (including phenoxy) is 5. The number of nitrogens with one attached hydrogen (secondary N) is 2. The first-order chi connectivity index (χ1) is 21.1. The Bertz CT molecular complexity index is 654. The van der Waals surface area contributed by atoms with Crippen LogP contribution in [0.2, 0.25) is 0 Å². The molecule has 0 saturated heterocycles. The van der Waals surface area contributed by atoms with Crippen molar-refractivity contribution in [1.82, 2.24) is 10.6 Å². The van der Waals surface area contributed by atoms with Crippen LogP contribution in [0.4, 0.5) is 0 Å². The van der Waals surface area contributed by atoms with Gasteiger partial charge in [0.05, 0.1) is 46.2 Å². The normalized spacial score (nSPS) is 11.7. The Morgan fingerprint density at radius 3 is 1.70 bits per heavy atom. The van der Waals surface area contributed by atoms with Crippen molar-refractivity contribution in [3.63, 3.8) is 0 Å². The van der Waals surface area contributed by atoms with E-state index in [1.165, 1.54) is 57.8 Å². The predicted molar refractivity (Wildman–Crippen MR) is 163 cm³/mol. The van der Waals surface area contributed by atoms with Gasteiger partial charge in [-0.1, -0.05) is 77.0 Å². The molecule has 0 aromatic rings. The minimum absolute atomic E-state index is 0.0491. The first-order valence-corrected chi connectivity index (χ1v) is 16.1. The Morgan fingerprint density at radius 1 is 0.605 bits per heavy atom. The van der Waals surface area contributed by atoms with Gasteiger partial charge in [-0.05, 0) is 12.8 Å². The predicted octanol–water partition coefficient (Wildman–Crippen LogP) is 2.87. The van der Waals surface area contributed by atoms with Crippen molar-refractivity contribution < 1.29 is 48.0 Å². The lowest BCUT2D eigenvalue weighted by Gasteiger charge is -2.12. The minimum Gasteiger partial charge on any atom is -0.468 e. The van der Waals surface area contributed by atoms with Gasteiger partial charge in [0.1, 0.15) is 19.5 Å². The van der Waals surface area contributed by atoms with Gasteiger partial charge in [0, 0.05) is 19.5 Å². The molecular formula is C31H58N2O10. The number of hydrogen-bond donors (Lipinski definition) is 3. The molecule has 1 atom stereocenters. The van der Waals surface area contributed by atoms with Crippen LogP contribution in [0.3, 0.4) is 0 Å². The molecule has 0 aromatic carbocycles. The third-order valence-corrected chi connectivity index (χ3v) is 6.62. The van der Waals surface area contributed by atoms with E-state index in [0.717, 1.165) is 32.1 Å². The van der Waals surface area contributed by atoms with Crippen LogP contribution in [0.15, 0.2) is 0 Å². The third kappa shape index (κ3) is 32.8. The number of ketones is 1. The summed E-state index contributed by atoms with van der Waals surface area (Å²) in [7, 11) is 0. The van der Waals surface area contributed by atoms with Crippen LogP contribution in [0.1, 0.15) is 96.3 Å². The lowest BCUT2D eigenvalue weighted by Crippen LogP contribution is -2.38. The van der Waals surface area contributed by atoms with Crippen LogP contribution < -0.4 is 10.6 Å². The second-order valence-electron chi connectivity index (χ2n) is 10.4. The SMILES string of the molecule is O=CCOCCOCCNC(=O)COCCOCCNC(O)C(=O)CCCCCCCCCCCCCCCCOC=O. The molecular weight excluding hydrogens is 560 g/mol. The van der Waals surface area contributed by atoms with Gasteiger partial charge >= 0.3 is 0 Å². The number of aliphatic hydroxyl groups excluding tert-OH is 1. The van der Waals surface area contributed by atoms with Crippen molar-refractivity contribution in [2.75, 3.05) is 72.6 Å². The van der Waals surface area contributed by atoms with Crippen LogP contribution in [0, 0.1) is 0 Å². The number of aliphatic hydroxyl groups is 1. The first-order valence-electron chi connectivity index (χ1n) is 16.1. The Kier molecular flexibility index (Phi) is 33.0. The number of unbranched alkanes of at least 4 members (excludes halogenated alkanes) is 13. The van der Waals surface area contributed by atoms with Crippen molar-refractivity contribution in [2.45, 2.75) is 103 Å². The molecule has 0 aromatic heterocycles. The summed E-state index contributed by atoms with van der Waals surface area (Å²) in [5.74, 6) is -0.449. The molecule has 12 heteroatoms. The maximum Gasteiger partial charge on any atom is 0.293 e. The molecule has 252 valence electrons. The Balaban J connectivity index is 3.35. The van der Waals surface area contributed by atoms with Crippen molar-refractivity contribution in [3.8, 4) is 0 Å². The van der Waals surface area contributed by atoms with E-state index in [9.17, 15) is 24.3 Å². The fourth-order valence-electron chi connectivity index (χ4n) is 4.22. The van der Waals surface area contributed by atoms with Crippen LogP contribution in [0.5, 0.6) is 0 Å². The van der Waals surface area contributed by atoms with E-state index < -0.39 is 6.23 Å². The highest BCUT2D eigenvalue weighted by atomic mass is 16.5. The lowest BCUT2D eigenvalue weighted by atomic mass is 10.0. The van der Waals surface area contributed by atoms with Gasteiger partial charge in [-0.3, -0.25) is 19.7 Å². The molecule has 1 amide bonds. The van der Waals surface area contributed by atoms with Gasteiger partial charge in [0.2, 0.25) is 5.91 Å². The second-order valence-corrected chi connectivity index (χ2v) is 10.4. The van der Waals surface area contributed by atoms with Gasteiger partial charge in [-0.15, -0.1) is 0 Å². The van der Waals surface area contributed by atoms with E-state index in [0.29, 0.717) is 71.9 Å². The molecule has 0 saturated carbocycles. The van der Waals surface area contributed by atoms with E-state index >= 15 is 0 Å². The Morgan fingerprint density at radius 2 is 1.12 bits per heavy atom. The number of rotatable bonds is 36. The fourth-order valence-corrected chi connectivity index (χ4v) is 4.22. The number of carbonyl (C=O) groups is 4. The van der Waals surface area contributed by atoms with Crippen molar-refractivity contribution in [2.24, 2.45) is 0 Å². The van der Waals surface area contributed by atoms with Crippen LogP contribution >= 0.6 is 0 Å². The van der Waals surface area contributed by atoms with E-state index in [1.807, 2.05) is 0 Å². The van der Waals surface area contributed by atoms with Gasteiger partial charge in [0.15, 0.2) is 12.0 Å². The summed E-state index contributed by atoms with van der Waals surface area (Å²) in [5.41, 5.74) is 0. The highest BCUT2D eigenvalue weighted by Gasteiger charge is 2.13. The summed E-state index contributed by atoms with van der Waals surface area (Å²) < 4.78 is 25.5. The molecule has 43 heavy (non-hydrogen) atoms. The second kappa shape index (κ2) is 34.5. The molecule has 0 heterocycles. The maximum atomic E-state index is 12.1. The lowest BCUT2D eigenvalue weighted by molar-refractivity contribution is -0.129. The van der Waals surface area contributed by atoms with Gasteiger partial charge in [-0.25, -0.2) is 0 Å². The first kappa shape index (κ1) is 41.0. The average Bonchev–Trinajstić information content (AvgIpc) is 3.01. The fraction of sp³-hybridized carbons (Fsp3) is 0.871. The summed E-state index contributed by atoms with van der Waals surface area (Å²) in [6.45, 7) is 3.60. The summed E-state index contributed by atoms with van der Waals surface area (Å²) in [5, 5.41) is 15.4. The van der Waals surface area contributed by atoms with Crippen molar-refractivity contribution >= 4 is 24.4 Å². The monoisotopic (exact) mass is 618 g/mol. The Hall–Kier alpha value is -1.96. The molecule has 0 aliphatic heterocycles. The highest BCUT2D eigenvalue weighted by Crippen LogP contribution is 2.13. The van der Waals surface area contributed by atoms with Gasteiger partial charge < -0.3 is 38.9 Å². The van der Waals surface area contributed by atoms with Gasteiger partial charge in [0.25, 0.3) is 6.47 Å². The van der Waals surface area contributed by atoms with Crippen molar-refractivity contribution in [3.05, 3.63) is 0 Å². The third-order valence-electron chi connectivity index (χ3n) is 6.62. The summed E-state index contributed by atoms with van der Waals surface area (Å²) in [6, 6.07) is 0. The Labute approximate surface area is 258 Å². The standard InChI is InChI=1S/C31H58N2O10/c34-18-22-41-24-23-39-20-16-32-30(37)27-42-26-25-40-21-17-33-31(38)29(36)15-13-11-9-7-5-3-1-2-4-6-8-10-12-14-19-43-28-35/h18,28,31,33,38H,1-17,19-27H2,(H,32,37). The van der Waals surface area contributed by atoms with Crippen LogP contribution in [0.25, 0.3) is 0 Å². The van der Waals surface area contributed by atoms with Crippen LogP contribution in [-0.2, 0) is 42.9 Å². The topological polar surface area (TPSA) is 159 Å². The van der Waals surface area contributed by atoms with E-state index in [4.69, 9.17) is 18.9 Å². The zero-order chi connectivity index (χ0) is 31.5. The maximum absolute atomic E-state index is 12.1. The number of amides is 1. The zero-order valence-corrected chi connectivity index (χ0v) is 26.2. The number of aldehydes is 1. The average molecular weight is 619 g/mol. The number of carbonyl (C=O) groups excluding carboxylic acids is 4. The van der Waals surface area contributed by atoms with E-state index in [1.54, 1.807) is 0 Å². The zero-order valence-electron chi connectivity index (χ0n) is 26.2. The highest BCUT2D eigenvalue weighted by molar-refractivity contribution is 5.82. The molecule has 0 spiro atoms. The molecule has 0 bridgehead atoms. The molecule has 0 rings (SSSR count).